The quantitative estimate of drug-likeness (QED) is 0.502. The summed E-state index contributed by atoms with van der Waals surface area (Å²) in [6.07, 6.45) is 1.44. The molecule has 0 aliphatic carbocycles. The average molecular weight is 455 g/mol. The third-order valence-corrected chi connectivity index (χ3v) is 5.95. The van der Waals surface area contributed by atoms with Crippen molar-refractivity contribution in [3.05, 3.63) is 41.9 Å². The van der Waals surface area contributed by atoms with Crippen molar-refractivity contribution in [2.75, 3.05) is 38.4 Å². The van der Waals surface area contributed by atoms with Gasteiger partial charge in [-0.15, -0.1) is 0 Å². The Kier molecular flexibility index (Phi) is 5.53. The maximum Gasteiger partial charge on any atom is 0.268 e. The Labute approximate surface area is 190 Å². The Morgan fingerprint density at radius 3 is 2.67 bits per heavy atom. The second kappa shape index (κ2) is 8.51. The van der Waals surface area contributed by atoms with Gasteiger partial charge >= 0.3 is 0 Å². The van der Waals surface area contributed by atoms with Crippen LogP contribution in [0.25, 0.3) is 11.0 Å². The highest BCUT2D eigenvalue weighted by Crippen LogP contribution is 2.36. The monoisotopic (exact) mass is 455 g/mol. The number of amides is 1. The van der Waals surface area contributed by atoms with Gasteiger partial charge in [0.15, 0.2) is 11.5 Å². The summed E-state index contributed by atoms with van der Waals surface area (Å²) in [5.74, 6) is 1.87. The van der Waals surface area contributed by atoms with Crippen molar-refractivity contribution in [3.8, 4) is 11.5 Å². The standard InChI is InChI=1S/C23H26FN5O4/c1-13(2)19(14-3-4-17-18(7-14)33-6-5-32-17)28-21-15-8-16(27-20(15)25-12-26-21)22(30)29-23(9-24)10-31-11-23/h3-4,7-8,12-13,19H,5-6,9-11H2,1-2H3,(H,29,30)(H2,25,26,27,28)/t19-/m1/s1. The number of aromatic amines is 1. The second-order valence-corrected chi connectivity index (χ2v) is 8.80. The zero-order valence-corrected chi connectivity index (χ0v) is 18.5. The van der Waals surface area contributed by atoms with E-state index in [1.54, 1.807) is 6.07 Å². The molecule has 174 valence electrons. The van der Waals surface area contributed by atoms with Crippen molar-refractivity contribution in [1.29, 1.82) is 0 Å². The van der Waals surface area contributed by atoms with Crippen molar-refractivity contribution in [3.63, 3.8) is 0 Å². The van der Waals surface area contributed by atoms with Crippen LogP contribution in [0.15, 0.2) is 30.6 Å². The van der Waals surface area contributed by atoms with E-state index in [-0.39, 0.29) is 30.9 Å². The van der Waals surface area contributed by atoms with E-state index in [1.807, 2.05) is 18.2 Å². The molecule has 1 amide bonds. The van der Waals surface area contributed by atoms with Crippen LogP contribution in [0.5, 0.6) is 11.5 Å². The Morgan fingerprint density at radius 2 is 1.97 bits per heavy atom. The van der Waals surface area contributed by atoms with Gasteiger partial charge in [-0.3, -0.25) is 4.79 Å². The molecule has 1 fully saturated rings. The fourth-order valence-corrected chi connectivity index (χ4v) is 4.05. The minimum atomic E-state index is -0.956. The van der Waals surface area contributed by atoms with Crippen LogP contribution in [0, 0.1) is 5.92 Å². The van der Waals surface area contributed by atoms with Gasteiger partial charge in [-0.05, 0) is 29.7 Å². The van der Waals surface area contributed by atoms with E-state index in [1.165, 1.54) is 6.33 Å². The fourth-order valence-electron chi connectivity index (χ4n) is 4.05. The minimum Gasteiger partial charge on any atom is -0.486 e. The fraction of sp³-hybridized carbons (Fsp3) is 0.435. The Bertz CT molecular complexity index is 1170. The molecule has 0 spiro atoms. The van der Waals surface area contributed by atoms with Gasteiger partial charge in [0, 0.05) is 0 Å². The number of rotatable bonds is 7. The lowest BCUT2D eigenvalue weighted by Gasteiger charge is -2.39. The lowest BCUT2D eigenvalue weighted by Crippen LogP contribution is -2.63. The van der Waals surface area contributed by atoms with Crippen LogP contribution >= 0.6 is 0 Å². The maximum atomic E-state index is 13.4. The average Bonchev–Trinajstić information content (AvgIpc) is 3.24. The van der Waals surface area contributed by atoms with E-state index in [9.17, 15) is 9.18 Å². The number of halogens is 1. The van der Waals surface area contributed by atoms with Crippen LogP contribution in [-0.2, 0) is 4.74 Å². The van der Waals surface area contributed by atoms with Crippen LogP contribution in [0.2, 0.25) is 0 Å². The number of nitrogens with zero attached hydrogens (tertiary/aromatic N) is 2. The van der Waals surface area contributed by atoms with Gasteiger partial charge < -0.3 is 29.8 Å². The lowest BCUT2D eigenvalue weighted by atomic mass is 9.95. The number of carbonyl (C=O) groups is 1. The number of alkyl halides is 1. The van der Waals surface area contributed by atoms with Crippen molar-refractivity contribution in [2.24, 2.45) is 5.92 Å². The molecule has 3 N–H and O–H groups in total. The zero-order valence-electron chi connectivity index (χ0n) is 18.5. The van der Waals surface area contributed by atoms with Crippen molar-refractivity contribution in [1.82, 2.24) is 20.3 Å². The number of H-pyrrole nitrogens is 1. The second-order valence-electron chi connectivity index (χ2n) is 8.80. The molecule has 1 aromatic carbocycles. The molecular weight excluding hydrogens is 429 g/mol. The van der Waals surface area contributed by atoms with Crippen LogP contribution in [0.1, 0.15) is 35.9 Å². The molecule has 0 radical (unpaired) electrons. The van der Waals surface area contributed by atoms with Gasteiger partial charge in [0.25, 0.3) is 5.91 Å². The van der Waals surface area contributed by atoms with Crippen molar-refractivity contribution in [2.45, 2.75) is 25.4 Å². The third-order valence-electron chi connectivity index (χ3n) is 5.95. The number of fused-ring (bicyclic) bond motifs is 2. The summed E-state index contributed by atoms with van der Waals surface area (Å²) in [5, 5.41) is 6.90. The van der Waals surface area contributed by atoms with Gasteiger partial charge in [0.2, 0.25) is 0 Å². The molecule has 33 heavy (non-hydrogen) atoms. The van der Waals surface area contributed by atoms with Gasteiger partial charge in [0.05, 0.1) is 24.6 Å². The number of ether oxygens (including phenoxy) is 3. The molecule has 0 bridgehead atoms. The Balaban J connectivity index is 1.42. The molecule has 9 nitrogen and oxygen atoms in total. The van der Waals surface area contributed by atoms with Crippen LogP contribution < -0.4 is 20.1 Å². The molecule has 1 saturated heterocycles. The molecule has 2 aliphatic rings. The molecule has 3 aromatic rings. The number of hydrogen-bond donors (Lipinski definition) is 3. The lowest BCUT2D eigenvalue weighted by molar-refractivity contribution is -0.0791. The SMILES string of the molecule is CC(C)[C@@H](Nc1ncnc2[nH]c(C(=O)NC3(CF)COC3)cc12)c1ccc2c(c1)OCCO2. The Hall–Kier alpha value is -3.40. The summed E-state index contributed by atoms with van der Waals surface area (Å²) in [7, 11) is 0. The largest absolute Gasteiger partial charge is 0.486 e. The first-order chi connectivity index (χ1) is 16.0. The van der Waals surface area contributed by atoms with Gasteiger partial charge in [-0.2, -0.15) is 0 Å². The molecule has 1 atom stereocenters. The van der Waals surface area contributed by atoms with E-state index in [2.05, 4.69) is 39.4 Å². The zero-order chi connectivity index (χ0) is 23.0. The highest BCUT2D eigenvalue weighted by atomic mass is 19.1. The van der Waals surface area contributed by atoms with Crippen LogP contribution in [-0.4, -0.2) is 59.5 Å². The summed E-state index contributed by atoms with van der Waals surface area (Å²) in [4.78, 5) is 24.4. The Morgan fingerprint density at radius 1 is 1.18 bits per heavy atom. The van der Waals surface area contributed by atoms with Gasteiger partial charge in [-0.25, -0.2) is 14.4 Å². The number of carbonyl (C=O) groups excluding carboxylic acids is 1. The first-order valence-corrected chi connectivity index (χ1v) is 10.9. The van der Waals surface area contributed by atoms with E-state index in [4.69, 9.17) is 14.2 Å². The van der Waals surface area contributed by atoms with E-state index >= 15 is 0 Å². The molecule has 10 heteroatoms. The predicted octanol–water partition coefficient (Wildman–Crippen LogP) is 3.01. The highest BCUT2D eigenvalue weighted by Gasteiger charge is 2.40. The van der Waals surface area contributed by atoms with Crippen molar-refractivity contribution < 1.29 is 23.4 Å². The number of benzene rings is 1. The molecule has 4 heterocycles. The summed E-state index contributed by atoms with van der Waals surface area (Å²) < 4.78 is 29.8. The first kappa shape index (κ1) is 21.4. The smallest absolute Gasteiger partial charge is 0.268 e. The van der Waals surface area contributed by atoms with Crippen LogP contribution in [0.4, 0.5) is 10.2 Å². The minimum absolute atomic E-state index is 0.0759. The predicted molar refractivity (Wildman–Crippen MR) is 120 cm³/mol. The highest BCUT2D eigenvalue weighted by molar-refractivity contribution is 6.00. The molecule has 2 aromatic heterocycles. The first-order valence-electron chi connectivity index (χ1n) is 10.9. The topological polar surface area (TPSA) is 110 Å². The normalized spacial score (nSPS) is 17.5. The molecule has 0 unspecified atom stereocenters. The van der Waals surface area contributed by atoms with E-state index < -0.39 is 18.1 Å². The van der Waals surface area contributed by atoms with E-state index in [0.29, 0.717) is 30.1 Å². The third kappa shape index (κ3) is 4.06. The maximum absolute atomic E-state index is 13.4. The van der Waals surface area contributed by atoms with Gasteiger partial charge in [0.1, 0.15) is 48.9 Å². The number of nitrogens with one attached hydrogen (secondary N) is 3. The summed E-state index contributed by atoms with van der Waals surface area (Å²) in [6.45, 7) is 4.92. The molecule has 2 aliphatic heterocycles. The van der Waals surface area contributed by atoms with Gasteiger partial charge in [-0.1, -0.05) is 19.9 Å². The van der Waals surface area contributed by atoms with Crippen LogP contribution in [0.3, 0.4) is 0 Å². The summed E-state index contributed by atoms with van der Waals surface area (Å²) in [6, 6.07) is 7.52. The summed E-state index contributed by atoms with van der Waals surface area (Å²) >= 11 is 0. The molecular formula is C23H26FN5O4. The van der Waals surface area contributed by atoms with E-state index in [0.717, 1.165) is 17.1 Å². The molecule has 0 saturated carbocycles. The molecule has 5 rings (SSSR count). The number of hydrogen-bond acceptors (Lipinski definition) is 7. The number of anilines is 1. The van der Waals surface area contributed by atoms with Crippen molar-refractivity contribution >= 4 is 22.8 Å². The summed E-state index contributed by atoms with van der Waals surface area (Å²) in [5.41, 5.74) is 0.877. The number of aromatic nitrogens is 3.